The standard InChI is InChI=1S/C77H138O16P2/c1-4-7-10-13-16-19-22-24-26-28-29-30-31-32-33-34-35-36-37-38-39-40-41-43-45-46-49-51-54-57-60-63-75(80)87-66-72(78)67-89-94(83,84)90-68-73(79)69-91-95(85,86)92-71-74(93-77(82)65-62-59-56-53-48-21-18-15-12-9-6-3)70-88-76(81)64-61-58-55-52-50-47-44-42-27-25-23-20-17-14-11-8-5-2/h8,11,16-17,19-20,24-27,29-30,32-33,72-74,78-79H,4-7,9-10,12-15,18,21-23,28,31,34-71H2,1-3H3,(H,83,84)(H,85,86)/b11-8-,19-16-,20-17-,26-24-,27-25-,30-29-,33-32-. The molecule has 0 aromatic rings. The van der Waals surface area contributed by atoms with Gasteiger partial charge in [-0.05, 0) is 96.3 Å². The fourth-order valence-corrected chi connectivity index (χ4v) is 11.9. The summed E-state index contributed by atoms with van der Waals surface area (Å²) in [6.07, 6.45) is 78.0. The summed E-state index contributed by atoms with van der Waals surface area (Å²) in [5, 5.41) is 20.6. The van der Waals surface area contributed by atoms with Crippen molar-refractivity contribution >= 4 is 33.6 Å². The molecule has 0 aromatic carbocycles. The minimum absolute atomic E-state index is 0.106. The van der Waals surface area contributed by atoms with Gasteiger partial charge in [-0.3, -0.25) is 32.5 Å². The fraction of sp³-hybridized carbons (Fsp3) is 0.779. The van der Waals surface area contributed by atoms with Crippen molar-refractivity contribution in [2.75, 3.05) is 39.6 Å². The lowest BCUT2D eigenvalue weighted by Gasteiger charge is -2.21. The van der Waals surface area contributed by atoms with Gasteiger partial charge in [0, 0.05) is 19.3 Å². The topological polar surface area (TPSA) is 231 Å². The largest absolute Gasteiger partial charge is 0.472 e. The minimum Gasteiger partial charge on any atom is -0.463 e. The summed E-state index contributed by atoms with van der Waals surface area (Å²) < 4.78 is 60.9. The highest BCUT2D eigenvalue weighted by Crippen LogP contribution is 2.45. The molecule has 5 atom stereocenters. The number of ether oxygens (including phenoxy) is 3. The summed E-state index contributed by atoms with van der Waals surface area (Å²) in [6.45, 7) is 2.55. The van der Waals surface area contributed by atoms with Crippen LogP contribution in [0.1, 0.15) is 329 Å². The molecule has 0 aromatic heterocycles. The SMILES string of the molecule is CC/C=C\C/C=C\C/C=C\CCCCCCCCCC(=O)OCC(COP(=O)(O)OCC(O)COP(=O)(O)OCC(O)COC(=O)CCCCCCCCCCCCCCCCC/C=C\C/C=C\C/C=C\C/C=C\CCCCC)OC(=O)CCCCCCCCCCCCC. The molecule has 4 N–H and O–H groups in total. The van der Waals surface area contributed by atoms with Crippen LogP contribution >= 0.6 is 15.6 Å². The van der Waals surface area contributed by atoms with E-state index in [4.69, 9.17) is 32.3 Å². The summed E-state index contributed by atoms with van der Waals surface area (Å²) in [5.74, 6) is -1.57. The highest BCUT2D eigenvalue weighted by atomic mass is 31.2. The lowest BCUT2D eigenvalue weighted by molar-refractivity contribution is -0.161. The van der Waals surface area contributed by atoms with E-state index < -0.39 is 91.5 Å². The van der Waals surface area contributed by atoms with Crippen LogP contribution in [0.15, 0.2) is 85.1 Å². The van der Waals surface area contributed by atoms with Crippen molar-refractivity contribution in [2.45, 2.75) is 347 Å². The van der Waals surface area contributed by atoms with E-state index in [1.807, 2.05) is 0 Å². The Labute approximate surface area is 578 Å². The summed E-state index contributed by atoms with van der Waals surface area (Å²) in [6, 6.07) is 0. The number of hydrogen-bond donors (Lipinski definition) is 4. The number of aliphatic hydroxyl groups excluding tert-OH is 2. The van der Waals surface area contributed by atoms with E-state index in [-0.39, 0.29) is 19.3 Å². The average molecular weight is 1380 g/mol. The van der Waals surface area contributed by atoms with Crippen LogP contribution < -0.4 is 0 Å². The maximum absolute atomic E-state index is 12.9. The average Bonchev–Trinajstić information content (AvgIpc) is 3.71. The minimum atomic E-state index is -4.92. The zero-order chi connectivity index (χ0) is 69.5. The quantitative estimate of drug-likeness (QED) is 0.0146. The van der Waals surface area contributed by atoms with Crippen molar-refractivity contribution in [3.63, 3.8) is 0 Å². The molecule has 0 bridgehead atoms. The van der Waals surface area contributed by atoms with Gasteiger partial charge in [0.15, 0.2) is 6.10 Å². The number of phosphoric acid groups is 2. The van der Waals surface area contributed by atoms with Crippen LogP contribution in [0.2, 0.25) is 0 Å². The van der Waals surface area contributed by atoms with Gasteiger partial charge < -0.3 is 34.2 Å². The van der Waals surface area contributed by atoms with Crippen molar-refractivity contribution in [1.82, 2.24) is 0 Å². The first-order chi connectivity index (χ1) is 46.2. The monoisotopic (exact) mass is 1380 g/mol. The number of carbonyl (C=O) groups is 3. The number of carbonyl (C=O) groups excluding carboxylic acids is 3. The number of allylic oxidation sites excluding steroid dienone is 14. The number of esters is 3. The number of aliphatic hydroxyl groups is 2. The molecule has 552 valence electrons. The molecular weight excluding hydrogens is 1240 g/mol. The molecule has 0 rings (SSSR count). The molecule has 0 fully saturated rings. The molecule has 0 aliphatic heterocycles. The predicted octanol–water partition coefficient (Wildman–Crippen LogP) is 21.7. The first-order valence-electron chi connectivity index (χ1n) is 37.9. The molecule has 0 saturated heterocycles. The van der Waals surface area contributed by atoms with E-state index in [9.17, 15) is 43.5 Å². The van der Waals surface area contributed by atoms with Crippen LogP contribution in [0, 0.1) is 0 Å². The second-order valence-corrected chi connectivity index (χ2v) is 28.3. The zero-order valence-corrected chi connectivity index (χ0v) is 61.9. The van der Waals surface area contributed by atoms with Gasteiger partial charge in [0.1, 0.15) is 25.4 Å². The van der Waals surface area contributed by atoms with E-state index in [1.54, 1.807) is 0 Å². The Morgan fingerprint density at radius 2 is 0.558 bits per heavy atom. The van der Waals surface area contributed by atoms with Crippen LogP contribution in [-0.4, -0.2) is 95.9 Å². The number of phosphoric ester groups is 2. The van der Waals surface area contributed by atoms with Gasteiger partial charge in [-0.25, -0.2) is 9.13 Å². The molecular formula is C77H138O16P2. The van der Waals surface area contributed by atoms with Gasteiger partial charge in [0.2, 0.25) is 0 Å². The third-order valence-electron chi connectivity index (χ3n) is 16.1. The van der Waals surface area contributed by atoms with E-state index in [0.29, 0.717) is 19.3 Å². The summed E-state index contributed by atoms with van der Waals surface area (Å²) in [4.78, 5) is 58.4. The van der Waals surface area contributed by atoms with E-state index >= 15 is 0 Å². The number of unbranched alkanes of at least 4 members (excludes halogenated alkanes) is 35. The second-order valence-electron chi connectivity index (χ2n) is 25.4. The molecule has 5 unspecified atom stereocenters. The molecule has 95 heavy (non-hydrogen) atoms. The van der Waals surface area contributed by atoms with Gasteiger partial charge in [-0.2, -0.15) is 0 Å². The Kier molecular flexibility index (Phi) is 68.2. The molecule has 0 heterocycles. The van der Waals surface area contributed by atoms with Crippen molar-refractivity contribution in [3.8, 4) is 0 Å². The summed E-state index contributed by atoms with van der Waals surface area (Å²) >= 11 is 0. The van der Waals surface area contributed by atoms with E-state index in [2.05, 4.69) is 106 Å². The van der Waals surface area contributed by atoms with Gasteiger partial charge in [0.25, 0.3) is 0 Å². The number of rotatable bonds is 72. The fourth-order valence-electron chi connectivity index (χ4n) is 10.3. The molecule has 0 aliphatic rings. The van der Waals surface area contributed by atoms with Crippen LogP contribution in [-0.2, 0) is 55.8 Å². The Hall–Kier alpha value is -3.27. The van der Waals surface area contributed by atoms with Gasteiger partial charge in [0.05, 0.1) is 26.4 Å². The smallest absolute Gasteiger partial charge is 0.463 e. The highest BCUT2D eigenvalue weighted by Gasteiger charge is 2.29. The lowest BCUT2D eigenvalue weighted by Crippen LogP contribution is -2.30. The summed E-state index contributed by atoms with van der Waals surface area (Å²) in [7, 11) is -9.77. The Morgan fingerprint density at radius 1 is 0.305 bits per heavy atom. The zero-order valence-electron chi connectivity index (χ0n) is 60.1. The van der Waals surface area contributed by atoms with E-state index in [0.717, 1.165) is 128 Å². The molecule has 0 aliphatic carbocycles. The highest BCUT2D eigenvalue weighted by molar-refractivity contribution is 7.47. The number of hydrogen-bond acceptors (Lipinski definition) is 14. The Morgan fingerprint density at radius 3 is 0.905 bits per heavy atom. The Bertz CT molecular complexity index is 2070. The van der Waals surface area contributed by atoms with Crippen LogP contribution in [0.25, 0.3) is 0 Å². The molecule has 0 spiro atoms. The molecule has 0 amide bonds. The van der Waals surface area contributed by atoms with Crippen molar-refractivity contribution in [2.24, 2.45) is 0 Å². The Balaban J connectivity index is 4.36. The van der Waals surface area contributed by atoms with Crippen molar-refractivity contribution in [3.05, 3.63) is 85.1 Å². The molecule has 0 saturated carbocycles. The van der Waals surface area contributed by atoms with Crippen molar-refractivity contribution in [1.29, 1.82) is 0 Å². The third-order valence-corrected chi connectivity index (χ3v) is 18.0. The van der Waals surface area contributed by atoms with Gasteiger partial charge >= 0.3 is 33.6 Å². The first-order valence-corrected chi connectivity index (χ1v) is 40.9. The van der Waals surface area contributed by atoms with Crippen LogP contribution in [0.4, 0.5) is 0 Å². The maximum Gasteiger partial charge on any atom is 0.472 e. The van der Waals surface area contributed by atoms with Crippen molar-refractivity contribution < 1.29 is 75.8 Å². The first kappa shape index (κ1) is 91.7. The molecule has 18 heteroatoms. The summed E-state index contributed by atoms with van der Waals surface area (Å²) in [5.41, 5.74) is 0. The normalized spacial score (nSPS) is 14.6. The van der Waals surface area contributed by atoms with Gasteiger partial charge in [-0.1, -0.05) is 298 Å². The molecule has 16 nitrogen and oxygen atoms in total. The second kappa shape index (κ2) is 70.6. The molecule has 0 radical (unpaired) electrons. The van der Waals surface area contributed by atoms with Crippen LogP contribution in [0.5, 0.6) is 0 Å². The predicted molar refractivity (Wildman–Crippen MR) is 390 cm³/mol. The van der Waals surface area contributed by atoms with E-state index in [1.165, 1.54) is 141 Å². The maximum atomic E-state index is 12.9. The van der Waals surface area contributed by atoms with Crippen LogP contribution in [0.3, 0.4) is 0 Å². The third kappa shape index (κ3) is 71.8. The van der Waals surface area contributed by atoms with Gasteiger partial charge in [-0.15, -0.1) is 0 Å². The lowest BCUT2D eigenvalue weighted by atomic mass is 10.0.